The van der Waals surface area contributed by atoms with Crippen LogP contribution in [-0.2, 0) is 27.8 Å². The van der Waals surface area contributed by atoms with Crippen molar-refractivity contribution in [2.75, 3.05) is 17.0 Å². The van der Waals surface area contributed by atoms with Crippen LogP contribution in [0.4, 0.5) is 5.00 Å². The molecule has 7 nitrogen and oxygen atoms in total. The number of nitrogens with zero attached hydrogens (tertiary/aromatic N) is 1. The SMILES string of the molecule is N#Cc1c(NS(=O)(=O)CCCC(=O)O)sc2c1CCNC2. The lowest BCUT2D eigenvalue weighted by Gasteiger charge is -2.11. The number of thiophene rings is 1. The summed E-state index contributed by atoms with van der Waals surface area (Å²) in [6, 6.07) is 2.06. The average molecular weight is 329 g/mol. The van der Waals surface area contributed by atoms with Gasteiger partial charge in [0.05, 0.1) is 11.3 Å². The zero-order chi connectivity index (χ0) is 15.5. The number of sulfonamides is 1. The van der Waals surface area contributed by atoms with Gasteiger partial charge in [-0.1, -0.05) is 0 Å². The first kappa shape index (κ1) is 15.8. The Morgan fingerprint density at radius 2 is 2.29 bits per heavy atom. The molecule has 0 bridgehead atoms. The lowest BCUT2D eigenvalue weighted by Crippen LogP contribution is -2.22. The fourth-order valence-corrected chi connectivity index (χ4v) is 4.71. The summed E-state index contributed by atoms with van der Waals surface area (Å²) in [6.45, 7) is 1.40. The highest BCUT2D eigenvalue weighted by Gasteiger charge is 2.23. The van der Waals surface area contributed by atoms with Gasteiger partial charge in [0.15, 0.2) is 0 Å². The Bertz CT molecular complexity index is 688. The number of carboxylic acid groups (broad SMARTS) is 1. The second-order valence-electron chi connectivity index (χ2n) is 4.66. The molecule has 0 amide bonds. The maximum atomic E-state index is 11.9. The molecule has 0 aromatic carbocycles. The third-order valence-corrected chi connectivity index (χ3v) is 5.71. The Morgan fingerprint density at radius 3 is 2.95 bits per heavy atom. The van der Waals surface area contributed by atoms with Gasteiger partial charge in [0.25, 0.3) is 0 Å². The van der Waals surface area contributed by atoms with Gasteiger partial charge in [0, 0.05) is 17.8 Å². The van der Waals surface area contributed by atoms with E-state index in [9.17, 15) is 18.5 Å². The fourth-order valence-electron chi connectivity index (χ4n) is 2.13. The van der Waals surface area contributed by atoms with Gasteiger partial charge in [-0.05, 0) is 24.9 Å². The highest BCUT2D eigenvalue weighted by molar-refractivity contribution is 7.92. The van der Waals surface area contributed by atoms with Crippen LogP contribution in [0.5, 0.6) is 0 Å². The number of rotatable bonds is 6. The van der Waals surface area contributed by atoms with Gasteiger partial charge in [0.2, 0.25) is 10.0 Å². The predicted octanol–water partition coefficient (Wildman–Crippen LogP) is 0.872. The quantitative estimate of drug-likeness (QED) is 0.712. The van der Waals surface area contributed by atoms with Crippen LogP contribution in [0.25, 0.3) is 0 Å². The van der Waals surface area contributed by atoms with Crippen LogP contribution < -0.4 is 10.0 Å². The van der Waals surface area contributed by atoms with Crippen LogP contribution in [0.1, 0.15) is 28.8 Å². The molecule has 2 heterocycles. The zero-order valence-electron chi connectivity index (χ0n) is 11.2. The molecule has 0 atom stereocenters. The molecule has 2 rings (SSSR count). The lowest BCUT2D eigenvalue weighted by atomic mass is 10.1. The first-order chi connectivity index (χ1) is 9.93. The molecule has 0 unspecified atom stereocenters. The summed E-state index contributed by atoms with van der Waals surface area (Å²) in [7, 11) is -3.64. The third-order valence-electron chi connectivity index (χ3n) is 3.09. The molecule has 0 fully saturated rings. The van der Waals surface area contributed by atoms with E-state index in [0.29, 0.717) is 23.5 Å². The highest BCUT2D eigenvalue weighted by atomic mass is 32.2. The Kier molecular flexibility index (Phi) is 4.82. The van der Waals surface area contributed by atoms with E-state index in [1.807, 2.05) is 0 Å². The molecule has 1 aliphatic heterocycles. The van der Waals surface area contributed by atoms with Crippen LogP contribution in [-0.4, -0.2) is 31.8 Å². The number of carbonyl (C=O) groups is 1. The van der Waals surface area contributed by atoms with Crippen molar-refractivity contribution < 1.29 is 18.3 Å². The Hall–Kier alpha value is -1.63. The molecule has 0 saturated heterocycles. The van der Waals surface area contributed by atoms with Gasteiger partial charge in [-0.15, -0.1) is 11.3 Å². The number of hydrogen-bond acceptors (Lipinski definition) is 6. The maximum absolute atomic E-state index is 11.9. The monoisotopic (exact) mass is 329 g/mol. The van der Waals surface area contributed by atoms with Crippen molar-refractivity contribution >= 4 is 32.3 Å². The van der Waals surface area contributed by atoms with Gasteiger partial charge in [-0.25, -0.2) is 8.42 Å². The Labute approximate surface area is 126 Å². The molecule has 0 saturated carbocycles. The molecule has 9 heteroatoms. The van der Waals surface area contributed by atoms with Gasteiger partial charge < -0.3 is 10.4 Å². The highest BCUT2D eigenvalue weighted by Crippen LogP contribution is 2.35. The summed E-state index contributed by atoms with van der Waals surface area (Å²) in [4.78, 5) is 11.4. The summed E-state index contributed by atoms with van der Waals surface area (Å²) in [6.07, 6.45) is 0.547. The van der Waals surface area contributed by atoms with E-state index in [-0.39, 0.29) is 18.6 Å². The molecule has 1 aromatic heterocycles. The van der Waals surface area contributed by atoms with Gasteiger partial charge in [-0.3, -0.25) is 9.52 Å². The minimum Gasteiger partial charge on any atom is -0.481 e. The minimum atomic E-state index is -3.64. The van der Waals surface area contributed by atoms with Crippen LogP contribution >= 0.6 is 11.3 Å². The Morgan fingerprint density at radius 1 is 1.52 bits per heavy atom. The minimum absolute atomic E-state index is 0.0409. The van der Waals surface area contributed by atoms with E-state index in [4.69, 9.17) is 5.11 Å². The normalized spacial score (nSPS) is 14.2. The fraction of sp³-hybridized carbons (Fsp3) is 0.500. The second-order valence-corrected chi connectivity index (χ2v) is 7.61. The summed E-state index contributed by atoms with van der Waals surface area (Å²) < 4.78 is 26.3. The molecule has 0 radical (unpaired) electrons. The number of fused-ring (bicyclic) bond motifs is 1. The summed E-state index contributed by atoms with van der Waals surface area (Å²) in [5, 5.41) is 21.3. The van der Waals surface area contributed by atoms with Crippen molar-refractivity contribution in [3.63, 3.8) is 0 Å². The van der Waals surface area contributed by atoms with Crippen LogP contribution in [0.3, 0.4) is 0 Å². The van der Waals surface area contributed by atoms with Crippen molar-refractivity contribution in [1.82, 2.24) is 5.32 Å². The zero-order valence-corrected chi connectivity index (χ0v) is 12.8. The van der Waals surface area contributed by atoms with E-state index < -0.39 is 16.0 Å². The summed E-state index contributed by atoms with van der Waals surface area (Å²) in [5.41, 5.74) is 1.29. The van der Waals surface area contributed by atoms with Gasteiger partial charge >= 0.3 is 5.97 Å². The van der Waals surface area contributed by atoms with E-state index in [1.165, 1.54) is 11.3 Å². The van der Waals surface area contributed by atoms with E-state index in [2.05, 4.69) is 16.1 Å². The second kappa shape index (κ2) is 6.43. The number of nitrogens with one attached hydrogen (secondary N) is 2. The Balaban J connectivity index is 2.14. The summed E-state index contributed by atoms with van der Waals surface area (Å²) in [5.74, 6) is -1.30. The number of aliphatic carboxylic acids is 1. The van der Waals surface area contributed by atoms with Crippen molar-refractivity contribution in [2.24, 2.45) is 0 Å². The van der Waals surface area contributed by atoms with E-state index >= 15 is 0 Å². The van der Waals surface area contributed by atoms with Gasteiger partial charge in [-0.2, -0.15) is 5.26 Å². The molecular formula is C12H15N3O4S2. The van der Waals surface area contributed by atoms with Crippen LogP contribution in [0.2, 0.25) is 0 Å². The molecule has 3 N–H and O–H groups in total. The third kappa shape index (κ3) is 3.93. The first-order valence-electron chi connectivity index (χ1n) is 6.40. The van der Waals surface area contributed by atoms with E-state index in [1.54, 1.807) is 0 Å². The molecule has 0 spiro atoms. The standard InChI is InChI=1S/C12H15N3O4S2/c13-6-9-8-3-4-14-7-10(8)20-12(9)15-21(18,19)5-1-2-11(16)17/h14-15H,1-5,7H2,(H,16,17). The first-order valence-corrected chi connectivity index (χ1v) is 8.87. The van der Waals surface area contributed by atoms with Crippen LogP contribution in [0.15, 0.2) is 0 Å². The predicted molar refractivity (Wildman–Crippen MR) is 78.7 cm³/mol. The maximum Gasteiger partial charge on any atom is 0.303 e. The van der Waals surface area contributed by atoms with E-state index in [0.717, 1.165) is 17.0 Å². The topological polar surface area (TPSA) is 119 Å². The van der Waals surface area contributed by atoms with Crippen LogP contribution in [0, 0.1) is 11.3 Å². The number of anilines is 1. The molecular weight excluding hydrogens is 314 g/mol. The molecule has 21 heavy (non-hydrogen) atoms. The number of nitriles is 1. The van der Waals surface area contributed by atoms with Crippen molar-refractivity contribution in [1.29, 1.82) is 5.26 Å². The van der Waals surface area contributed by atoms with Gasteiger partial charge in [0.1, 0.15) is 11.1 Å². The largest absolute Gasteiger partial charge is 0.481 e. The van der Waals surface area contributed by atoms with Crippen molar-refractivity contribution in [3.8, 4) is 6.07 Å². The van der Waals surface area contributed by atoms with Crippen molar-refractivity contribution in [2.45, 2.75) is 25.8 Å². The van der Waals surface area contributed by atoms with Crippen molar-refractivity contribution in [3.05, 3.63) is 16.0 Å². The average Bonchev–Trinajstić information content (AvgIpc) is 2.73. The molecule has 0 aliphatic carbocycles. The molecule has 114 valence electrons. The lowest BCUT2D eigenvalue weighted by molar-refractivity contribution is -0.137. The smallest absolute Gasteiger partial charge is 0.303 e. The number of hydrogen-bond donors (Lipinski definition) is 3. The number of carboxylic acids is 1. The summed E-state index contributed by atoms with van der Waals surface area (Å²) >= 11 is 1.26. The molecule has 1 aromatic rings. The molecule has 1 aliphatic rings.